The van der Waals surface area contributed by atoms with Crippen molar-refractivity contribution in [2.75, 3.05) is 19.6 Å². The molecule has 2 atom stereocenters. The Morgan fingerprint density at radius 1 is 1.07 bits per heavy atom. The minimum Gasteiger partial charge on any atom is -0.303 e. The van der Waals surface area contributed by atoms with Crippen molar-refractivity contribution in [1.82, 2.24) is 4.90 Å². The fourth-order valence-electron chi connectivity index (χ4n) is 2.47. The first kappa shape index (κ1) is 12.0. The van der Waals surface area contributed by atoms with Crippen molar-refractivity contribution in [3.05, 3.63) is 0 Å². The molecule has 1 aliphatic heterocycles. The lowest BCUT2D eigenvalue weighted by Gasteiger charge is -2.36. The molecule has 84 valence electrons. The first-order valence-corrected chi connectivity index (χ1v) is 6.09. The van der Waals surface area contributed by atoms with Gasteiger partial charge in [0.1, 0.15) is 0 Å². The topological polar surface area (TPSA) is 3.24 Å². The van der Waals surface area contributed by atoms with E-state index >= 15 is 0 Å². The molecule has 1 heterocycles. The Bertz CT molecular complexity index is 159. The van der Waals surface area contributed by atoms with Gasteiger partial charge in [-0.3, -0.25) is 0 Å². The van der Waals surface area contributed by atoms with Crippen molar-refractivity contribution in [3.63, 3.8) is 0 Å². The molecule has 1 heteroatoms. The summed E-state index contributed by atoms with van der Waals surface area (Å²) in [6.07, 6.45) is 2.75. The van der Waals surface area contributed by atoms with Crippen molar-refractivity contribution in [1.29, 1.82) is 0 Å². The summed E-state index contributed by atoms with van der Waals surface area (Å²) >= 11 is 0. The molecule has 1 fully saturated rings. The third kappa shape index (κ3) is 4.45. The van der Waals surface area contributed by atoms with E-state index in [0.29, 0.717) is 5.41 Å². The Morgan fingerprint density at radius 3 is 2.00 bits per heavy atom. The Hall–Kier alpha value is -0.0400. The molecule has 1 saturated heterocycles. The van der Waals surface area contributed by atoms with Crippen molar-refractivity contribution < 1.29 is 0 Å². The SMILES string of the molecule is C[C@@H]1C[C@H](C)CN(CCC(C)(C)C)C1. The van der Waals surface area contributed by atoms with E-state index in [9.17, 15) is 0 Å². The second kappa shape index (κ2) is 4.65. The molecule has 0 aromatic heterocycles. The molecule has 1 aliphatic rings. The number of likely N-dealkylation sites (tertiary alicyclic amines) is 1. The summed E-state index contributed by atoms with van der Waals surface area (Å²) in [5, 5.41) is 0. The predicted molar refractivity (Wildman–Crippen MR) is 63.5 cm³/mol. The van der Waals surface area contributed by atoms with Crippen LogP contribution in [0.25, 0.3) is 0 Å². The highest BCUT2D eigenvalue weighted by atomic mass is 15.1. The molecule has 0 aliphatic carbocycles. The third-order valence-corrected chi connectivity index (χ3v) is 3.12. The average molecular weight is 197 g/mol. The monoisotopic (exact) mass is 197 g/mol. The highest BCUT2D eigenvalue weighted by molar-refractivity contribution is 4.76. The van der Waals surface area contributed by atoms with Gasteiger partial charge in [0.05, 0.1) is 0 Å². The lowest BCUT2D eigenvalue weighted by atomic mass is 9.89. The molecule has 0 saturated carbocycles. The van der Waals surface area contributed by atoms with Gasteiger partial charge in [0.15, 0.2) is 0 Å². The van der Waals surface area contributed by atoms with Gasteiger partial charge in [-0.25, -0.2) is 0 Å². The van der Waals surface area contributed by atoms with Gasteiger partial charge < -0.3 is 4.90 Å². The number of hydrogen-bond donors (Lipinski definition) is 0. The smallest absolute Gasteiger partial charge is 0.000724 e. The number of nitrogens with zero attached hydrogens (tertiary/aromatic N) is 1. The zero-order valence-corrected chi connectivity index (χ0v) is 10.6. The summed E-state index contributed by atoms with van der Waals surface area (Å²) in [7, 11) is 0. The normalized spacial score (nSPS) is 30.6. The molecule has 1 nitrogen and oxygen atoms in total. The number of hydrogen-bond acceptors (Lipinski definition) is 1. The molecule has 0 unspecified atom stereocenters. The van der Waals surface area contributed by atoms with E-state index in [2.05, 4.69) is 39.5 Å². The molecule has 0 bridgehead atoms. The molecule has 0 aromatic rings. The molecule has 0 spiro atoms. The first-order valence-electron chi connectivity index (χ1n) is 6.09. The predicted octanol–water partition coefficient (Wildman–Crippen LogP) is 3.40. The number of rotatable bonds is 2. The van der Waals surface area contributed by atoms with Gasteiger partial charge in [-0.05, 0) is 36.6 Å². The molecule has 14 heavy (non-hydrogen) atoms. The van der Waals surface area contributed by atoms with Crippen LogP contribution in [0.15, 0.2) is 0 Å². The summed E-state index contributed by atoms with van der Waals surface area (Å²) in [6, 6.07) is 0. The van der Waals surface area contributed by atoms with E-state index in [1.165, 1.54) is 32.5 Å². The zero-order valence-electron chi connectivity index (χ0n) is 10.6. The van der Waals surface area contributed by atoms with E-state index in [4.69, 9.17) is 0 Å². The largest absolute Gasteiger partial charge is 0.303 e. The maximum Gasteiger partial charge on any atom is 0.000724 e. The van der Waals surface area contributed by atoms with Crippen LogP contribution in [0.2, 0.25) is 0 Å². The first-order chi connectivity index (χ1) is 6.37. The van der Waals surface area contributed by atoms with E-state index in [0.717, 1.165) is 11.8 Å². The Balaban J connectivity index is 2.30. The Labute approximate surface area is 89.9 Å². The van der Waals surface area contributed by atoms with E-state index in [1.807, 2.05) is 0 Å². The van der Waals surface area contributed by atoms with Crippen LogP contribution in [0.1, 0.15) is 47.5 Å². The van der Waals surface area contributed by atoms with Crippen LogP contribution in [0.4, 0.5) is 0 Å². The second-order valence-corrected chi connectivity index (χ2v) is 6.52. The molecule has 1 rings (SSSR count). The van der Waals surface area contributed by atoms with Gasteiger partial charge in [-0.2, -0.15) is 0 Å². The summed E-state index contributed by atoms with van der Waals surface area (Å²) < 4.78 is 0. The minimum atomic E-state index is 0.490. The standard InChI is InChI=1S/C13H27N/c1-11-8-12(2)10-14(9-11)7-6-13(3,4)5/h11-12H,6-10H2,1-5H3/t11-,12+. The summed E-state index contributed by atoms with van der Waals surface area (Å²) in [4.78, 5) is 2.66. The summed E-state index contributed by atoms with van der Waals surface area (Å²) in [5.74, 6) is 1.80. The van der Waals surface area contributed by atoms with Gasteiger partial charge >= 0.3 is 0 Å². The maximum absolute atomic E-state index is 2.66. The minimum absolute atomic E-state index is 0.490. The van der Waals surface area contributed by atoms with Crippen LogP contribution in [-0.2, 0) is 0 Å². The van der Waals surface area contributed by atoms with Crippen LogP contribution >= 0.6 is 0 Å². The fraction of sp³-hybridized carbons (Fsp3) is 1.00. The van der Waals surface area contributed by atoms with Crippen molar-refractivity contribution in [3.8, 4) is 0 Å². The van der Waals surface area contributed by atoms with E-state index in [-0.39, 0.29) is 0 Å². The van der Waals surface area contributed by atoms with Gasteiger partial charge in [0.2, 0.25) is 0 Å². The van der Waals surface area contributed by atoms with Crippen LogP contribution in [0.3, 0.4) is 0 Å². The summed E-state index contributed by atoms with van der Waals surface area (Å²) in [5.41, 5.74) is 0.490. The second-order valence-electron chi connectivity index (χ2n) is 6.52. The summed E-state index contributed by atoms with van der Waals surface area (Å²) in [6.45, 7) is 15.7. The quantitative estimate of drug-likeness (QED) is 0.656. The van der Waals surface area contributed by atoms with E-state index in [1.54, 1.807) is 0 Å². The van der Waals surface area contributed by atoms with Crippen molar-refractivity contribution in [2.24, 2.45) is 17.3 Å². The molecule has 0 aromatic carbocycles. The molecule has 0 N–H and O–H groups in total. The molecular formula is C13H27N. The van der Waals surface area contributed by atoms with Gasteiger partial charge in [-0.1, -0.05) is 34.6 Å². The van der Waals surface area contributed by atoms with Gasteiger partial charge in [0, 0.05) is 13.1 Å². The Morgan fingerprint density at radius 2 is 1.57 bits per heavy atom. The van der Waals surface area contributed by atoms with Crippen molar-refractivity contribution in [2.45, 2.75) is 47.5 Å². The van der Waals surface area contributed by atoms with Crippen LogP contribution < -0.4 is 0 Å². The lowest BCUT2D eigenvalue weighted by molar-refractivity contribution is 0.126. The van der Waals surface area contributed by atoms with Gasteiger partial charge in [-0.15, -0.1) is 0 Å². The molecule has 0 amide bonds. The third-order valence-electron chi connectivity index (χ3n) is 3.12. The number of piperidine rings is 1. The van der Waals surface area contributed by atoms with Crippen molar-refractivity contribution >= 4 is 0 Å². The molecular weight excluding hydrogens is 170 g/mol. The van der Waals surface area contributed by atoms with E-state index < -0.39 is 0 Å². The van der Waals surface area contributed by atoms with Crippen LogP contribution in [0, 0.1) is 17.3 Å². The lowest BCUT2D eigenvalue weighted by Crippen LogP contribution is -2.40. The maximum atomic E-state index is 2.66. The van der Waals surface area contributed by atoms with Gasteiger partial charge in [0.25, 0.3) is 0 Å². The zero-order chi connectivity index (χ0) is 10.8. The highest BCUT2D eigenvalue weighted by Crippen LogP contribution is 2.24. The Kier molecular flexibility index (Phi) is 4.00. The van der Waals surface area contributed by atoms with Crippen LogP contribution in [0.5, 0.6) is 0 Å². The van der Waals surface area contributed by atoms with Crippen LogP contribution in [-0.4, -0.2) is 24.5 Å². The molecule has 0 radical (unpaired) electrons. The fourth-order valence-corrected chi connectivity index (χ4v) is 2.47. The highest BCUT2D eigenvalue weighted by Gasteiger charge is 2.22. The average Bonchev–Trinajstić information content (AvgIpc) is 1.97.